The van der Waals surface area contributed by atoms with Gasteiger partial charge in [-0.25, -0.2) is 4.98 Å². The Kier molecular flexibility index (Phi) is 4.94. The molecule has 0 spiro atoms. The number of oxazole rings is 1. The van der Waals surface area contributed by atoms with Crippen LogP contribution in [0, 0.1) is 25.2 Å². The Labute approximate surface area is 190 Å². The maximum atomic E-state index is 12.9. The molecule has 6 nitrogen and oxygen atoms in total. The van der Waals surface area contributed by atoms with Crippen molar-refractivity contribution in [1.82, 2.24) is 9.55 Å². The van der Waals surface area contributed by atoms with Crippen LogP contribution in [0.25, 0.3) is 22.0 Å². The largest absolute Gasteiger partial charge is 0.440 e. The van der Waals surface area contributed by atoms with Crippen LogP contribution in [0.5, 0.6) is 0 Å². The maximum Gasteiger partial charge on any atom is 0.270 e. The molecule has 162 valence electrons. The van der Waals surface area contributed by atoms with Crippen molar-refractivity contribution < 1.29 is 4.42 Å². The molecule has 0 N–H and O–H groups in total. The van der Waals surface area contributed by atoms with Gasteiger partial charge in [0.15, 0.2) is 11.5 Å². The highest BCUT2D eigenvalue weighted by Gasteiger charge is 2.28. The van der Waals surface area contributed by atoms with E-state index in [1.165, 1.54) is 4.57 Å². The summed E-state index contributed by atoms with van der Waals surface area (Å²) in [5.74, 6) is 0.964. The van der Waals surface area contributed by atoms with E-state index < -0.39 is 0 Å². The van der Waals surface area contributed by atoms with Crippen LogP contribution in [-0.2, 0) is 7.05 Å². The number of hydrogen-bond acceptors (Lipinski definition) is 5. The third kappa shape index (κ3) is 3.25. The van der Waals surface area contributed by atoms with Gasteiger partial charge in [0, 0.05) is 36.5 Å². The number of benzene rings is 2. The molecule has 1 fully saturated rings. The van der Waals surface area contributed by atoms with Crippen LogP contribution in [0.1, 0.15) is 41.3 Å². The number of nitrogens with zero attached hydrogens (tertiary/aromatic N) is 4. The standard InChI is InChI=1S/C25H23ClN4O2/c1-14-4-5-22-20(10-14)28-24(32-22)16-6-8-30(9-7-16)23-17-12-19(26)15(2)11-21(17)29(3)25(31)18(23)13-27/h4-5,10-12,16H,6-9H2,1-3H3. The number of piperidine rings is 1. The number of fused-ring (bicyclic) bond motifs is 2. The van der Waals surface area contributed by atoms with E-state index in [0.717, 1.165) is 51.9 Å². The first-order valence-corrected chi connectivity index (χ1v) is 11.1. The van der Waals surface area contributed by atoms with Crippen LogP contribution in [0.15, 0.2) is 39.5 Å². The SMILES string of the molecule is Cc1ccc2oc(C3CCN(c4c(C#N)c(=O)n(C)c5cc(C)c(Cl)cc45)CC3)nc2c1. The Hall–Kier alpha value is -3.30. The molecule has 0 bridgehead atoms. The molecule has 0 atom stereocenters. The third-order valence-electron chi connectivity index (χ3n) is 6.48. The number of halogens is 1. The first kappa shape index (κ1) is 20.6. The quantitative estimate of drug-likeness (QED) is 0.422. The van der Waals surface area contributed by atoms with Crippen LogP contribution in [0.4, 0.5) is 5.69 Å². The summed E-state index contributed by atoms with van der Waals surface area (Å²) < 4.78 is 7.57. The number of anilines is 1. The summed E-state index contributed by atoms with van der Waals surface area (Å²) in [4.78, 5) is 19.8. The predicted octanol–water partition coefficient (Wildman–Crippen LogP) is 5.21. The van der Waals surface area contributed by atoms with Crippen molar-refractivity contribution >= 4 is 39.3 Å². The molecule has 0 unspecified atom stereocenters. The molecule has 3 heterocycles. The first-order chi connectivity index (χ1) is 15.4. The fourth-order valence-corrected chi connectivity index (χ4v) is 4.82. The average Bonchev–Trinajstić information content (AvgIpc) is 3.21. The highest BCUT2D eigenvalue weighted by molar-refractivity contribution is 6.32. The molecule has 0 amide bonds. The van der Waals surface area contributed by atoms with E-state index in [2.05, 4.69) is 11.0 Å². The number of pyridine rings is 1. The van der Waals surface area contributed by atoms with Gasteiger partial charge in [0.2, 0.25) is 0 Å². The number of aryl methyl sites for hydroxylation is 3. The first-order valence-electron chi connectivity index (χ1n) is 10.7. The van der Waals surface area contributed by atoms with Crippen molar-refractivity contribution in [2.75, 3.05) is 18.0 Å². The van der Waals surface area contributed by atoms with Crippen LogP contribution < -0.4 is 10.5 Å². The lowest BCUT2D eigenvalue weighted by molar-refractivity contribution is 0.407. The Bertz CT molecular complexity index is 1470. The van der Waals surface area contributed by atoms with Crippen molar-refractivity contribution in [3.8, 4) is 6.07 Å². The Balaban J connectivity index is 1.52. The fraction of sp³-hybridized carbons (Fsp3) is 0.320. The molecule has 1 saturated heterocycles. The smallest absolute Gasteiger partial charge is 0.270 e. The normalized spacial score (nSPS) is 14.9. The minimum atomic E-state index is -0.284. The van der Waals surface area contributed by atoms with Gasteiger partial charge in [0.05, 0.1) is 11.2 Å². The second-order valence-electron chi connectivity index (χ2n) is 8.60. The second kappa shape index (κ2) is 7.68. The average molecular weight is 447 g/mol. The molecule has 2 aromatic heterocycles. The van der Waals surface area contributed by atoms with Gasteiger partial charge in [-0.2, -0.15) is 5.26 Å². The van der Waals surface area contributed by atoms with Crippen LogP contribution in [0.3, 0.4) is 0 Å². The summed E-state index contributed by atoms with van der Waals surface area (Å²) in [7, 11) is 1.70. The summed E-state index contributed by atoms with van der Waals surface area (Å²) >= 11 is 6.43. The Morgan fingerprint density at radius 3 is 2.66 bits per heavy atom. The van der Waals surface area contributed by atoms with Crippen molar-refractivity contribution in [3.63, 3.8) is 0 Å². The lowest BCUT2D eigenvalue weighted by Crippen LogP contribution is -2.35. The molecule has 1 aliphatic heterocycles. The number of hydrogen-bond donors (Lipinski definition) is 0. The van der Waals surface area contributed by atoms with Gasteiger partial charge in [-0.05, 0) is 62.1 Å². The topological polar surface area (TPSA) is 75.1 Å². The monoisotopic (exact) mass is 446 g/mol. The molecule has 7 heteroatoms. The molecule has 2 aromatic carbocycles. The van der Waals surface area contributed by atoms with Crippen molar-refractivity contribution in [2.45, 2.75) is 32.6 Å². The van der Waals surface area contributed by atoms with Gasteiger partial charge >= 0.3 is 0 Å². The predicted molar refractivity (Wildman–Crippen MR) is 127 cm³/mol. The number of nitriles is 1. The minimum absolute atomic E-state index is 0.163. The lowest BCUT2D eigenvalue weighted by Gasteiger charge is -2.34. The molecular weight excluding hydrogens is 424 g/mol. The Morgan fingerprint density at radius 1 is 1.19 bits per heavy atom. The van der Waals surface area contributed by atoms with Gasteiger partial charge in [-0.3, -0.25) is 4.79 Å². The van der Waals surface area contributed by atoms with Crippen LogP contribution in [-0.4, -0.2) is 22.6 Å². The summed E-state index contributed by atoms with van der Waals surface area (Å²) in [6, 6.07) is 12.0. The molecular formula is C25H23ClN4O2. The van der Waals surface area contributed by atoms with Crippen LogP contribution >= 0.6 is 11.6 Å². The molecule has 1 aliphatic rings. The highest BCUT2D eigenvalue weighted by Crippen LogP contribution is 2.37. The Morgan fingerprint density at radius 2 is 1.94 bits per heavy atom. The zero-order valence-corrected chi connectivity index (χ0v) is 19.0. The van der Waals surface area contributed by atoms with Crippen molar-refractivity contribution in [1.29, 1.82) is 5.26 Å². The molecule has 0 radical (unpaired) electrons. The van der Waals surface area contributed by atoms with Crippen molar-refractivity contribution in [3.05, 3.63) is 68.3 Å². The maximum absolute atomic E-state index is 12.9. The van der Waals surface area contributed by atoms with E-state index in [0.29, 0.717) is 23.8 Å². The summed E-state index contributed by atoms with van der Waals surface area (Å²) in [5, 5.41) is 11.3. The summed E-state index contributed by atoms with van der Waals surface area (Å²) in [6.45, 7) is 5.36. The highest BCUT2D eigenvalue weighted by atomic mass is 35.5. The molecule has 4 aromatic rings. The zero-order valence-electron chi connectivity index (χ0n) is 18.3. The molecule has 0 saturated carbocycles. The van der Waals surface area contributed by atoms with Crippen LogP contribution in [0.2, 0.25) is 5.02 Å². The van der Waals surface area contributed by atoms with E-state index in [1.54, 1.807) is 7.05 Å². The van der Waals surface area contributed by atoms with E-state index in [-0.39, 0.29) is 17.0 Å². The zero-order chi connectivity index (χ0) is 22.6. The third-order valence-corrected chi connectivity index (χ3v) is 6.89. The summed E-state index contributed by atoms with van der Waals surface area (Å²) in [5.41, 5.74) is 5.09. The number of aromatic nitrogens is 2. The van der Waals surface area contributed by atoms with E-state index in [9.17, 15) is 10.1 Å². The number of rotatable bonds is 2. The molecule has 5 rings (SSSR count). The molecule has 32 heavy (non-hydrogen) atoms. The van der Waals surface area contributed by atoms with Crippen molar-refractivity contribution in [2.24, 2.45) is 7.05 Å². The molecule has 0 aliphatic carbocycles. The van der Waals surface area contributed by atoms with Gasteiger partial charge in [0.1, 0.15) is 17.1 Å². The van der Waals surface area contributed by atoms with Gasteiger partial charge < -0.3 is 13.9 Å². The lowest BCUT2D eigenvalue weighted by atomic mass is 9.95. The van der Waals surface area contributed by atoms with Gasteiger partial charge in [-0.1, -0.05) is 17.7 Å². The van der Waals surface area contributed by atoms with E-state index in [1.807, 2.05) is 44.2 Å². The van der Waals surface area contributed by atoms with E-state index >= 15 is 0 Å². The minimum Gasteiger partial charge on any atom is -0.440 e. The second-order valence-corrected chi connectivity index (χ2v) is 9.01. The van der Waals surface area contributed by atoms with Gasteiger partial charge in [0.25, 0.3) is 5.56 Å². The van der Waals surface area contributed by atoms with E-state index in [4.69, 9.17) is 21.0 Å². The summed E-state index contributed by atoms with van der Waals surface area (Å²) in [6.07, 6.45) is 1.65. The fourth-order valence-electron chi connectivity index (χ4n) is 4.66. The van der Waals surface area contributed by atoms with Gasteiger partial charge in [-0.15, -0.1) is 0 Å².